The van der Waals surface area contributed by atoms with Crippen molar-refractivity contribution in [2.75, 3.05) is 0 Å². The van der Waals surface area contributed by atoms with Gasteiger partial charge < -0.3 is 0 Å². The highest BCUT2D eigenvalue weighted by Gasteiger charge is 2.31. The Hall–Kier alpha value is 0.177. The van der Waals surface area contributed by atoms with Gasteiger partial charge in [-0.2, -0.15) is 0 Å². The maximum atomic E-state index is 14.1. The van der Waals surface area contributed by atoms with Crippen LogP contribution in [0.25, 0.3) is 0 Å². The molecule has 0 spiro atoms. The van der Waals surface area contributed by atoms with E-state index >= 15 is 0 Å². The molecule has 0 saturated carbocycles. The second-order valence-corrected chi connectivity index (χ2v) is 22.7. The van der Waals surface area contributed by atoms with Crippen LogP contribution in [0.3, 0.4) is 0 Å². The lowest BCUT2D eigenvalue weighted by atomic mass is 9.89. The summed E-state index contributed by atoms with van der Waals surface area (Å²) < 4.78 is 0. The molecule has 1 nitrogen and oxygen atoms in total. The molecule has 0 aromatic carbocycles. The van der Waals surface area contributed by atoms with Crippen molar-refractivity contribution >= 4 is 8.32 Å². The molecule has 0 rings (SSSR count). The smallest absolute Gasteiger partial charge is 0.237 e. The lowest BCUT2D eigenvalue weighted by Gasteiger charge is -2.23. The minimum absolute atomic E-state index is 0.492. The van der Waals surface area contributed by atoms with Crippen molar-refractivity contribution in [2.24, 2.45) is 16.2 Å². The lowest BCUT2D eigenvalue weighted by molar-refractivity contribution is 0.356. The summed E-state index contributed by atoms with van der Waals surface area (Å²) in [5.74, 6) is 0. The molecule has 0 N–H and O–H groups in total. The van der Waals surface area contributed by atoms with Crippen molar-refractivity contribution in [1.29, 1.82) is 0 Å². The normalized spacial score (nSPS) is 13.2. The Morgan fingerprint density at radius 3 is 0.614 bits per heavy atom. The summed E-state index contributed by atoms with van der Waals surface area (Å²) in [4.78, 5) is 14.1. The fraction of sp³-hybridized carbons (Fsp3) is 1.00. The summed E-state index contributed by atoms with van der Waals surface area (Å²) >= 11 is 0. The first-order chi connectivity index (χ1) is 20.6. The average molecular weight is 636 g/mol. The molecule has 0 aliphatic carbocycles. The highest BCUT2D eigenvalue weighted by molar-refractivity contribution is 6.72. The zero-order valence-electron chi connectivity index (χ0n) is 32.6. The highest BCUT2D eigenvalue weighted by Crippen LogP contribution is 2.29. The summed E-state index contributed by atoms with van der Waals surface area (Å²) in [7, 11) is -2.31. The summed E-state index contributed by atoms with van der Waals surface area (Å²) in [6, 6.07) is 3.21. The fourth-order valence-electron chi connectivity index (χ4n) is 6.86. The maximum absolute atomic E-state index is 14.1. The SMILES string of the molecule is CC(C)(C)CCCCCCCCCC[Si]([O])(CCCCCCCCCCC(C)(C)C)CCCCCCCCCCC(C)(C)C. The second kappa shape index (κ2) is 26.2. The van der Waals surface area contributed by atoms with Crippen molar-refractivity contribution in [3.63, 3.8) is 0 Å². The molecule has 0 saturated heterocycles. The zero-order valence-corrected chi connectivity index (χ0v) is 33.6. The van der Waals surface area contributed by atoms with Crippen LogP contribution in [0.1, 0.15) is 236 Å². The first-order valence-electron chi connectivity index (χ1n) is 20.3. The minimum Gasteiger partial charge on any atom is -0.297 e. The van der Waals surface area contributed by atoms with Crippen LogP contribution in [-0.4, -0.2) is 8.32 Å². The van der Waals surface area contributed by atoms with Crippen LogP contribution < -0.4 is 0 Å². The summed E-state index contributed by atoms with van der Waals surface area (Å²) in [5, 5.41) is 0. The number of hydrogen-bond acceptors (Lipinski definition) is 0. The third-order valence-electron chi connectivity index (χ3n) is 9.93. The van der Waals surface area contributed by atoms with Gasteiger partial charge in [0.2, 0.25) is 8.32 Å². The molecule has 0 unspecified atom stereocenters. The van der Waals surface area contributed by atoms with Crippen molar-refractivity contribution in [1.82, 2.24) is 0 Å². The molecular formula is C42H87OSi. The van der Waals surface area contributed by atoms with Gasteiger partial charge >= 0.3 is 0 Å². The van der Waals surface area contributed by atoms with E-state index in [4.69, 9.17) is 0 Å². The fourth-order valence-corrected chi connectivity index (χ4v) is 10.3. The largest absolute Gasteiger partial charge is 0.297 e. The zero-order chi connectivity index (χ0) is 33.2. The third-order valence-corrected chi connectivity index (χ3v) is 13.7. The van der Waals surface area contributed by atoms with Gasteiger partial charge in [0, 0.05) is 0 Å². The Labute approximate surface area is 282 Å². The van der Waals surface area contributed by atoms with Crippen LogP contribution in [-0.2, 0) is 4.80 Å². The minimum atomic E-state index is -2.31. The first-order valence-corrected chi connectivity index (χ1v) is 22.9. The molecule has 0 aromatic rings. The van der Waals surface area contributed by atoms with E-state index in [9.17, 15) is 4.80 Å². The molecule has 0 heterocycles. The molecular weight excluding hydrogens is 549 g/mol. The molecule has 0 aliphatic heterocycles. The van der Waals surface area contributed by atoms with Crippen LogP contribution >= 0.6 is 0 Å². The third kappa shape index (κ3) is 35.0. The van der Waals surface area contributed by atoms with Crippen LogP contribution in [0.4, 0.5) is 0 Å². The summed E-state index contributed by atoms with van der Waals surface area (Å²) in [6.45, 7) is 21.3. The maximum Gasteiger partial charge on any atom is 0.237 e. The van der Waals surface area contributed by atoms with Gasteiger partial charge in [-0.05, 0) is 53.6 Å². The number of rotatable bonds is 30. The number of unbranched alkanes of at least 4 members (excludes halogenated alkanes) is 21. The monoisotopic (exact) mass is 636 g/mol. The van der Waals surface area contributed by atoms with Gasteiger partial charge in [-0.25, -0.2) is 0 Å². The topological polar surface area (TPSA) is 19.9 Å². The molecule has 0 aromatic heterocycles. The molecule has 2 heteroatoms. The van der Waals surface area contributed by atoms with Gasteiger partial charge in [-0.1, -0.05) is 216 Å². The van der Waals surface area contributed by atoms with Crippen molar-refractivity contribution < 1.29 is 4.80 Å². The molecule has 0 fully saturated rings. The van der Waals surface area contributed by atoms with E-state index in [-0.39, 0.29) is 0 Å². The van der Waals surface area contributed by atoms with Gasteiger partial charge in [-0.3, -0.25) is 4.80 Å². The van der Waals surface area contributed by atoms with E-state index in [1.54, 1.807) is 0 Å². The Bertz CT molecular complexity index is 521. The predicted molar refractivity (Wildman–Crippen MR) is 204 cm³/mol. The Morgan fingerprint density at radius 2 is 0.432 bits per heavy atom. The predicted octanol–water partition coefficient (Wildman–Crippen LogP) is 16.0. The summed E-state index contributed by atoms with van der Waals surface area (Å²) in [6.07, 6.45) is 36.7. The van der Waals surface area contributed by atoms with Gasteiger partial charge in [-0.15, -0.1) is 0 Å². The van der Waals surface area contributed by atoms with Crippen LogP contribution in [0.5, 0.6) is 0 Å². The van der Waals surface area contributed by atoms with Gasteiger partial charge in [0.15, 0.2) is 0 Å². The quantitative estimate of drug-likeness (QED) is 0.0553. The van der Waals surface area contributed by atoms with Crippen molar-refractivity contribution in [3.8, 4) is 0 Å². The molecule has 1 radical (unpaired) electrons. The molecule has 0 bridgehead atoms. The van der Waals surface area contributed by atoms with E-state index in [0.29, 0.717) is 16.2 Å². The molecule has 0 atom stereocenters. The van der Waals surface area contributed by atoms with E-state index in [0.717, 1.165) is 18.1 Å². The molecule has 44 heavy (non-hydrogen) atoms. The Kier molecular flexibility index (Phi) is 26.3. The average Bonchev–Trinajstić information content (AvgIpc) is 2.90. The van der Waals surface area contributed by atoms with E-state index in [2.05, 4.69) is 62.3 Å². The standard InChI is InChI=1S/C42H87OSi/c1-40(2,3)34-28-22-16-10-13-19-25-31-37-44(43,38-32-26-20-14-11-17-23-29-35-41(4,5)6)39-33-27-21-15-12-18-24-30-36-42(7,8)9/h10-39H2,1-9H3. The Balaban J connectivity index is 4.19. The van der Waals surface area contributed by atoms with Crippen LogP contribution in [0.2, 0.25) is 18.1 Å². The van der Waals surface area contributed by atoms with E-state index < -0.39 is 8.32 Å². The number of hydrogen-bond donors (Lipinski definition) is 0. The first kappa shape index (κ1) is 44.2. The van der Waals surface area contributed by atoms with E-state index in [1.165, 1.54) is 173 Å². The van der Waals surface area contributed by atoms with E-state index in [1.807, 2.05) is 0 Å². The molecule has 0 aliphatic rings. The Morgan fingerprint density at radius 1 is 0.273 bits per heavy atom. The van der Waals surface area contributed by atoms with Crippen LogP contribution in [0, 0.1) is 16.2 Å². The van der Waals surface area contributed by atoms with Gasteiger partial charge in [0.1, 0.15) is 0 Å². The van der Waals surface area contributed by atoms with Crippen molar-refractivity contribution in [3.05, 3.63) is 0 Å². The van der Waals surface area contributed by atoms with Gasteiger partial charge in [0.25, 0.3) is 0 Å². The molecule has 265 valence electrons. The second-order valence-electron chi connectivity index (χ2n) is 18.9. The highest BCUT2D eigenvalue weighted by atomic mass is 28.4. The molecule has 0 amide bonds. The summed E-state index contributed by atoms with van der Waals surface area (Å²) in [5.41, 5.74) is 1.48. The van der Waals surface area contributed by atoms with Gasteiger partial charge in [0.05, 0.1) is 0 Å². The lowest BCUT2D eigenvalue weighted by Crippen LogP contribution is -2.32. The van der Waals surface area contributed by atoms with Crippen molar-refractivity contribution in [2.45, 2.75) is 254 Å². The van der Waals surface area contributed by atoms with Crippen LogP contribution in [0.15, 0.2) is 0 Å².